The van der Waals surface area contributed by atoms with Gasteiger partial charge in [0, 0.05) is 16.8 Å². The van der Waals surface area contributed by atoms with Crippen LogP contribution in [0, 0.1) is 0 Å². The Balaban J connectivity index is 0. The van der Waals surface area contributed by atoms with Crippen LogP contribution in [0.15, 0.2) is 0 Å². The number of hydrogen-bond acceptors (Lipinski definition) is 0. The van der Waals surface area contributed by atoms with E-state index in [1.807, 2.05) is 0 Å². The van der Waals surface area contributed by atoms with Gasteiger partial charge in [-0.2, -0.15) is 27.0 Å². The van der Waals surface area contributed by atoms with Crippen molar-refractivity contribution in [1.29, 1.82) is 0 Å². The normalized spacial score (nSPS) is 0. The Bertz CT molecular complexity index is 6.00. The molecular weight excluding hydrogens is 330 g/mol. The van der Waals surface area contributed by atoms with Crippen molar-refractivity contribution in [2.24, 2.45) is 0 Å². The molecule has 0 atom stereocenters. The minimum absolute atomic E-state index is 0. The van der Waals surface area contributed by atoms with Crippen LogP contribution in [0.25, 0.3) is 0 Å². The van der Waals surface area contributed by atoms with E-state index in [0.717, 1.165) is 0 Å². The standard InChI is InChI=1S/Co.Pb.2H2S.2H/h;;2*1H2;;. The van der Waals surface area contributed by atoms with Crippen LogP contribution in [0.4, 0.5) is 0 Å². The Morgan fingerprint density at radius 2 is 0.750 bits per heavy atom. The Morgan fingerprint density at radius 1 is 0.750 bits per heavy atom. The molecule has 0 aromatic heterocycles. The summed E-state index contributed by atoms with van der Waals surface area (Å²) in [5, 5.41) is 0. The molecule has 0 aromatic carbocycles. The summed E-state index contributed by atoms with van der Waals surface area (Å²) in [5.74, 6) is 0. The van der Waals surface area contributed by atoms with Gasteiger partial charge in [-0.25, -0.2) is 0 Å². The van der Waals surface area contributed by atoms with E-state index in [-0.39, 0.29) is 71.1 Å². The first-order valence-corrected chi connectivity index (χ1v) is 0. The van der Waals surface area contributed by atoms with Crippen molar-refractivity contribution in [3.05, 3.63) is 0 Å². The summed E-state index contributed by atoms with van der Waals surface area (Å²) in [6.45, 7) is 0. The molecule has 31 valence electrons. The Kier molecular flexibility index (Phi) is 172. The quantitative estimate of drug-likeness (QED) is 0.514. The Morgan fingerprint density at radius 3 is 0.750 bits per heavy atom. The third-order valence-electron chi connectivity index (χ3n) is 0. The molecule has 0 aliphatic heterocycles. The van der Waals surface area contributed by atoms with Gasteiger partial charge in [-0.15, -0.1) is 0 Å². The molecule has 3 radical (unpaired) electrons. The molecule has 0 aromatic rings. The molecule has 0 aliphatic carbocycles. The van der Waals surface area contributed by atoms with Crippen LogP contribution in [0.1, 0.15) is 0 Å². The molecule has 0 saturated heterocycles. The second-order valence-electron chi connectivity index (χ2n) is 0. The molecule has 0 fully saturated rings. The number of rotatable bonds is 0. The minimum atomic E-state index is 0. The molecule has 0 amide bonds. The van der Waals surface area contributed by atoms with Crippen LogP contribution in [0.5, 0.6) is 0 Å². The first-order chi connectivity index (χ1) is 0. The van der Waals surface area contributed by atoms with Crippen molar-refractivity contribution >= 4 is 54.3 Å². The van der Waals surface area contributed by atoms with E-state index in [4.69, 9.17) is 0 Å². The molecule has 0 unspecified atom stereocenters. The summed E-state index contributed by atoms with van der Waals surface area (Å²) < 4.78 is 0. The van der Waals surface area contributed by atoms with E-state index in [2.05, 4.69) is 0 Å². The van der Waals surface area contributed by atoms with Crippen molar-refractivity contribution in [2.75, 3.05) is 0 Å². The molecule has 4 heteroatoms. The van der Waals surface area contributed by atoms with Gasteiger partial charge >= 0.3 is 27.3 Å². The zero-order valence-electron chi connectivity index (χ0n) is 2.04. The summed E-state index contributed by atoms with van der Waals surface area (Å²) >= 11 is 0. The van der Waals surface area contributed by atoms with Gasteiger partial charge in [0.1, 0.15) is 0 Å². The average Bonchev–Trinajstić information content (AvgIpc) is 0. The monoisotopic (exact) mass is 337 g/mol. The predicted octanol–water partition coefficient (Wildman–Crippen LogP) is -0.693. The molecule has 0 spiro atoms. The zero-order chi connectivity index (χ0) is 0. The molecule has 0 aliphatic rings. The molecule has 0 saturated carbocycles. The van der Waals surface area contributed by atoms with E-state index in [1.54, 1.807) is 0 Å². The van der Waals surface area contributed by atoms with Crippen molar-refractivity contribution in [2.45, 2.75) is 0 Å². The summed E-state index contributed by atoms with van der Waals surface area (Å²) in [4.78, 5) is 0. The van der Waals surface area contributed by atoms with Crippen LogP contribution in [0.3, 0.4) is 0 Å². The fourth-order valence-electron chi connectivity index (χ4n) is 0. The second-order valence-corrected chi connectivity index (χ2v) is 0. The third-order valence-corrected chi connectivity index (χ3v) is 0. The van der Waals surface area contributed by atoms with Crippen molar-refractivity contribution in [3.63, 3.8) is 0 Å². The van der Waals surface area contributed by atoms with E-state index in [1.165, 1.54) is 0 Å². The van der Waals surface area contributed by atoms with Gasteiger partial charge in [-0.1, -0.05) is 0 Å². The van der Waals surface area contributed by atoms with Crippen LogP contribution in [0.2, 0.25) is 0 Å². The molecule has 0 bridgehead atoms. The summed E-state index contributed by atoms with van der Waals surface area (Å²) in [6.07, 6.45) is 0. The van der Waals surface area contributed by atoms with Gasteiger partial charge in [0.15, 0.2) is 0 Å². The van der Waals surface area contributed by atoms with Crippen LogP contribution in [-0.4, -0.2) is 27.3 Å². The SMILES string of the molecule is S.S.[Co].[PbH2]. The fourth-order valence-corrected chi connectivity index (χ4v) is 0. The summed E-state index contributed by atoms with van der Waals surface area (Å²) in [6, 6.07) is 0. The van der Waals surface area contributed by atoms with E-state index < -0.39 is 0 Å². The first kappa shape index (κ1) is 35.6. The Hall–Kier alpha value is 2.13. The first-order valence-electron chi connectivity index (χ1n) is 0. The van der Waals surface area contributed by atoms with Gasteiger partial charge in [-0.3, -0.25) is 0 Å². The van der Waals surface area contributed by atoms with Crippen LogP contribution >= 0.6 is 27.0 Å². The summed E-state index contributed by atoms with van der Waals surface area (Å²) in [7, 11) is 0. The number of hydrogen-bond donors (Lipinski definition) is 0. The van der Waals surface area contributed by atoms with Gasteiger partial charge < -0.3 is 0 Å². The third kappa shape index (κ3) is 8.92. The maximum atomic E-state index is 0. The van der Waals surface area contributed by atoms with Crippen molar-refractivity contribution in [1.82, 2.24) is 0 Å². The maximum absolute atomic E-state index is 0. The molecular formula is H6CoPbS2. The zero-order valence-corrected chi connectivity index (χ0v) is 10.6. The summed E-state index contributed by atoms with van der Waals surface area (Å²) in [5.41, 5.74) is 0. The van der Waals surface area contributed by atoms with E-state index in [9.17, 15) is 0 Å². The van der Waals surface area contributed by atoms with Crippen molar-refractivity contribution in [3.8, 4) is 0 Å². The Labute approximate surface area is 70.4 Å². The molecule has 4 heavy (non-hydrogen) atoms. The van der Waals surface area contributed by atoms with Crippen LogP contribution in [-0.2, 0) is 16.8 Å². The van der Waals surface area contributed by atoms with Crippen LogP contribution < -0.4 is 0 Å². The van der Waals surface area contributed by atoms with Crippen molar-refractivity contribution < 1.29 is 16.8 Å². The fraction of sp³-hybridized carbons (Fsp3) is 0. The topological polar surface area (TPSA) is 0 Å². The van der Waals surface area contributed by atoms with E-state index in [0.29, 0.717) is 0 Å². The van der Waals surface area contributed by atoms with Gasteiger partial charge in [-0.05, 0) is 0 Å². The molecule has 0 heterocycles. The van der Waals surface area contributed by atoms with Gasteiger partial charge in [0.05, 0.1) is 0 Å². The molecule has 0 rings (SSSR count). The average molecular weight is 336 g/mol. The predicted molar refractivity (Wildman–Crippen MR) is 29.3 cm³/mol. The van der Waals surface area contributed by atoms with Gasteiger partial charge in [0.25, 0.3) is 0 Å². The molecule has 0 nitrogen and oxygen atoms in total. The second kappa shape index (κ2) is 19.3. The van der Waals surface area contributed by atoms with E-state index >= 15 is 0 Å². The molecule has 0 N–H and O–H groups in total. The van der Waals surface area contributed by atoms with Gasteiger partial charge in [0.2, 0.25) is 0 Å².